The Morgan fingerprint density at radius 2 is 2.12 bits per heavy atom. The van der Waals surface area contributed by atoms with Gasteiger partial charge in [-0.15, -0.1) is 0 Å². The van der Waals surface area contributed by atoms with Crippen molar-refractivity contribution in [1.29, 1.82) is 0 Å². The Labute approximate surface area is 160 Å². The Morgan fingerprint density at radius 3 is 2.96 bits per heavy atom. The zero-order valence-electron chi connectivity index (χ0n) is 13.9. The first kappa shape index (κ1) is 16.9. The van der Waals surface area contributed by atoms with Crippen molar-refractivity contribution in [2.45, 2.75) is 11.7 Å². The molecule has 0 bridgehead atoms. The number of amides is 1. The molecule has 130 valence electrons. The van der Waals surface area contributed by atoms with Crippen molar-refractivity contribution >= 4 is 41.0 Å². The lowest BCUT2D eigenvalue weighted by Gasteiger charge is -2.04. The van der Waals surface area contributed by atoms with E-state index in [2.05, 4.69) is 21.1 Å². The molecular formula is C20H16ClN3OS. The van der Waals surface area contributed by atoms with Gasteiger partial charge >= 0.3 is 0 Å². The average molecular weight is 382 g/mol. The second kappa shape index (κ2) is 7.40. The van der Waals surface area contributed by atoms with Crippen LogP contribution in [0.1, 0.15) is 5.56 Å². The molecular weight excluding hydrogens is 366 g/mol. The summed E-state index contributed by atoms with van der Waals surface area (Å²) >= 11 is 7.86. The highest BCUT2D eigenvalue weighted by Gasteiger charge is 2.15. The van der Waals surface area contributed by atoms with Crippen molar-refractivity contribution < 1.29 is 4.79 Å². The van der Waals surface area contributed by atoms with E-state index in [1.165, 1.54) is 6.08 Å². The molecule has 0 radical (unpaired) electrons. The van der Waals surface area contributed by atoms with Crippen LogP contribution in [0.2, 0.25) is 5.02 Å². The molecule has 0 atom stereocenters. The molecule has 0 saturated heterocycles. The molecule has 1 aromatic heterocycles. The van der Waals surface area contributed by atoms with Crippen LogP contribution in [0.15, 0.2) is 66.0 Å². The second-order valence-electron chi connectivity index (χ2n) is 5.88. The van der Waals surface area contributed by atoms with Crippen LogP contribution in [0.25, 0.3) is 17.3 Å². The monoisotopic (exact) mass is 381 g/mol. The molecule has 0 fully saturated rings. The summed E-state index contributed by atoms with van der Waals surface area (Å²) in [6.45, 7) is 0.996. The van der Waals surface area contributed by atoms with Crippen LogP contribution >= 0.6 is 23.4 Å². The Balaban J connectivity index is 1.48. The standard InChI is InChI=1S/C20H16ClN3OS/c21-17-7-2-1-4-14(17)8-9-19(25)22-16-6-3-5-15(12-16)18-13-24-10-11-26-20(24)23-18/h1-9,12-13H,10-11H2,(H,22,25)/b9-8+. The van der Waals surface area contributed by atoms with Gasteiger partial charge in [0.15, 0.2) is 5.16 Å². The van der Waals surface area contributed by atoms with Crippen molar-refractivity contribution in [2.24, 2.45) is 0 Å². The summed E-state index contributed by atoms with van der Waals surface area (Å²) in [4.78, 5) is 16.8. The van der Waals surface area contributed by atoms with E-state index in [4.69, 9.17) is 11.6 Å². The fourth-order valence-corrected chi connectivity index (χ4v) is 3.91. The van der Waals surface area contributed by atoms with Gasteiger partial charge in [-0.2, -0.15) is 0 Å². The minimum absolute atomic E-state index is 0.204. The molecule has 3 aromatic rings. The van der Waals surface area contributed by atoms with Crippen molar-refractivity contribution in [1.82, 2.24) is 9.55 Å². The first-order valence-corrected chi connectivity index (χ1v) is 9.59. The Morgan fingerprint density at radius 1 is 1.23 bits per heavy atom. The molecule has 4 rings (SSSR count). The van der Waals surface area contributed by atoms with Crippen molar-refractivity contribution in [3.63, 3.8) is 0 Å². The van der Waals surface area contributed by atoms with Crippen LogP contribution in [-0.4, -0.2) is 21.2 Å². The summed E-state index contributed by atoms with van der Waals surface area (Å²) < 4.78 is 2.16. The van der Waals surface area contributed by atoms with Gasteiger partial charge in [0.2, 0.25) is 5.91 Å². The van der Waals surface area contributed by atoms with Gasteiger partial charge in [-0.1, -0.05) is 53.7 Å². The fourth-order valence-electron chi connectivity index (χ4n) is 2.76. The summed E-state index contributed by atoms with van der Waals surface area (Å²) in [5.74, 6) is 0.876. The first-order chi connectivity index (χ1) is 12.7. The molecule has 0 aliphatic carbocycles. The number of fused-ring (bicyclic) bond motifs is 1. The third-order valence-corrected chi connectivity index (χ3v) is 5.36. The van der Waals surface area contributed by atoms with Gasteiger partial charge in [0, 0.05) is 40.8 Å². The summed E-state index contributed by atoms with van der Waals surface area (Å²) in [6, 6.07) is 15.1. The van der Waals surface area contributed by atoms with Crippen molar-refractivity contribution in [3.8, 4) is 11.3 Å². The molecule has 1 aliphatic rings. The Kier molecular flexibility index (Phi) is 4.82. The summed E-state index contributed by atoms with van der Waals surface area (Å²) in [5.41, 5.74) is 3.45. The number of thioether (sulfide) groups is 1. The topological polar surface area (TPSA) is 46.9 Å². The Hall–Kier alpha value is -2.50. The van der Waals surface area contributed by atoms with Crippen LogP contribution in [0, 0.1) is 0 Å². The maximum atomic E-state index is 12.2. The maximum absolute atomic E-state index is 12.2. The van der Waals surface area contributed by atoms with Gasteiger partial charge in [0.05, 0.1) is 5.69 Å². The number of hydrogen-bond donors (Lipinski definition) is 1. The normalized spacial score (nSPS) is 13.1. The summed E-state index contributed by atoms with van der Waals surface area (Å²) in [6.07, 6.45) is 5.25. The number of hydrogen-bond acceptors (Lipinski definition) is 3. The number of aromatic nitrogens is 2. The number of nitrogens with zero attached hydrogens (tertiary/aromatic N) is 2. The SMILES string of the molecule is O=C(/C=C/c1ccccc1Cl)Nc1cccc(-c2cn3c(n2)SCC3)c1. The minimum Gasteiger partial charge on any atom is -0.325 e. The van der Waals surface area contributed by atoms with Crippen molar-refractivity contribution in [2.75, 3.05) is 11.1 Å². The summed E-state index contributed by atoms with van der Waals surface area (Å²) in [5, 5.41) is 4.55. The van der Waals surface area contributed by atoms with Crippen LogP contribution in [0.3, 0.4) is 0 Å². The third-order valence-electron chi connectivity index (χ3n) is 4.05. The molecule has 2 aromatic carbocycles. The number of imidazole rings is 1. The van der Waals surface area contributed by atoms with Gasteiger partial charge < -0.3 is 9.88 Å². The first-order valence-electron chi connectivity index (χ1n) is 8.23. The molecule has 1 amide bonds. The lowest BCUT2D eigenvalue weighted by atomic mass is 10.1. The molecule has 1 aliphatic heterocycles. The third kappa shape index (κ3) is 3.69. The fraction of sp³-hybridized carbons (Fsp3) is 0.100. The van der Waals surface area contributed by atoms with E-state index in [0.29, 0.717) is 5.02 Å². The number of rotatable bonds is 4. The number of nitrogens with one attached hydrogen (secondary N) is 1. The van der Waals surface area contributed by atoms with E-state index in [-0.39, 0.29) is 5.91 Å². The zero-order valence-corrected chi connectivity index (χ0v) is 15.4. The lowest BCUT2D eigenvalue weighted by Crippen LogP contribution is -2.07. The van der Waals surface area contributed by atoms with Crippen LogP contribution in [0.5, 0.6) is 0 Å². The molecule has 4 nitrogen and oxygen atoms in total. The highest BCUT2D eigenvalue weighted by atomic mass is 35.5. The summed E-state index contributed by atoms with van der Waals surface area (Å²) in [7, 11) is 0. The quantitative estimate of drug-likeness (QED) is 0.649. The molecule has 0 unspecified atom stereocenters. The van der Waals surface area contributed by atoms with E-state index >= 15 is 0 Å². The van der Waals surface area contributed by atoms with E-state index in [1.54, 1.807) is 23.9 Å². The number of carbonyl (C=O) groups excluding carboxylic acids is 1. The highest BCUT2D eigenvalue weighted by Crippen LogP contribution is 2.29. The van der Waals surface area contributed by atoms with E-state index in [1.807, 2.05) is 42.5 Å². The molecule has 1 N–H and O–H groups in total. The van der Waals surface area contributed by atoms with Gasteiger partial charge in [-0.3, -0.25) is 4.79 Å². The lowest BCUT2D eigenvalue weighted by molar-refractivity contribution is -0.111. The largest absolute Gasteiger partial charge is 0.325 e. The van der Waals surface area contributed by atoms with Crippen LogP contribution in [0.4, 0.5) is 5.69 Å². The number of halogens is 1. The maximum Gasteiger partial charge on any atom is 0.248 e. The highest BCUT2D eigenvalue weighted by molar-refractivity contribution is 7.99. The molecule has 2 heterocycles. The van der Waals surface area contributed by atoms with Gasteiger partial charge in [-0.05, 0) is 29.8 Å². The zero-order chi connectivity index (χ0) is 17.9. The minimum atomic E-state index is -0.204. The van der Waals surface area contributed by atoms with E-state index < -0.39 is 0 Å². The predicted octanol–water partition coefficient (Wildman–Crippen LogP) is 4.96. The van der Waals surface area contributed by atoms with Gasteiger partial charge in [0.1, 0.15) is 0 Å². The van der Waals surface area contributed by atoms with E-state index in [0.717, 1.165) is 40.0 Å². The number of aryl methyl sites for hydroxylation is 1. The second-order valence-corrected chi connectivity index (χ2v) is 7.34. The number of benzene rings is 2. The van der Waals surface area contributed by atoms with Crippen LogP contribution < -0.4 is 5.32 Å². The van der Waals surface area contributed by atoms with Gasteiger partial charge in [-0.25, -0.2) is 4.98 Å². The van der Waals surface area contributed by atoms with Crippen molar-refractivity contribution in [3.05, 3.63) is 71.4 Å². The van der Waals surface area contributed by atoms with Crippen LogP contribution in [-0.2, 0) is 11.3 Å². The number of anilines is 1. The Bertz CT molecular complexity index is 975. The molecule has 6 heteroatoms. The van der Waals surface area contributed by atoms with E-state index in [9.17, 15) is 4.79 Å². The smallest absolute Gasteiger partial charge is 0.248 e. The average Bonchev–Trinajstić information content (AvgIpc) is 3.23. The predicted molar refractivity (Wildman–Crippen MR) is 108 cm³/mol. The molecule has 26 heavy (non-hydrogen) atoms. The number of carbonyl (C=O) groups is 1. The molecule has 0 saturated carbocycles. The molecule has 0 spiro atoms. The van der Waals surface area contributed by atoms with Gasteiger partial charge in [0.25, 0.3) is 0 Å².